The van der Waals surface area contributed by atoms with Crippen molar-refractivity contribution < 1.29 is 9.90 Å². The Morgan fingerprint density at radius 3 is 2.43 bits per heavy atom. The van der Waals surface area contributed by atoms with Crippen LogP contribution in [-0.4, -0.2) is 48.6 Å². The third kappa shape index (κ3) is 7.44. The molecule has 0 radical (unpaired) electrons. The number of nitrogens with one attached hydrogen (secondary N) is 1. The van der Waals surface area contributed by atoms with Crippen molar-refractivity contribution in [3.8, 4) is 0 Å². The minimum absolute atomic E-state index is 0.00767. The fraction of sp³-hybridized carbons (Fsp3) is 0.526. The average Bonchev–Trinajstić information content (AvgIpc) is 2.56. The van der Waals surface area contributed by atoms with E-state index in [4.69, 9.17) is 5.11 Å². The Bertz CT molecular complexity index is 491. The molecule has 0 saturated heterocycles. The summed E-state index contributed by atoms with van der Waals surface area (Å²) in [5, 5.41) is 12.4. The first-order valence-electron chi connectivity index (χ1n) is 8.49. The minimum atomic E-state index is 0.00767. The average molecular weight is 318 g/mol. The molecule has 1 rings (SSSR count). The van der Waals surface area contributed by atoms with Gasteiger partial charge in [-0.15, -0.1) is 0 Å². The zero-order valence-electron chi connectivity index (χ0n) is 14.6. The number of rotatable bonds is 11. The molecular formula is C19H30N2O2. The van der Waals surface area contributed by atoms with Crippen LogP contribution in [0.4, 0.5) is 0 Å². The molecule has 1 aromatic rings. The Kier molecular flexibility index (Phi) is 9.25. The Balaban J connectivity index is 2.67. The molecule has 0 aliphatic rings. The lowest BCUT2D eigenvalue weighted by atomic mass is 10.1. The fourth-order valence-corrected chi connectivity index (χ4v) is 2.35. The van der Waals surface area contributed by atoms with Gasteiger partial charge in [0.2, 0.25) is 0 Å². The van der Waals surface area contributed by atoms with Crippen LogP contribution >= 0.6 is 0 Å². The van der Waals surface area contributed by atoms with Gasteiger partial charge >= 0.3 is 0 Å². The summed E-state index contributed by atoms with van der Waals surface area (Å²) in [6, 6.07) is 7.60. The van der Waals surface area contributed by atoms with E-state index in [1.807, 2.05) is 31.2 Å². The van der Waals surface area contributed by atoms with Crippen molar-refractivity contribution in [2.45, 2.75) is 33.6 Å². The lowest BCUT2D eigenvalue weighted by Gasteiger charge is -2.19. The molecule has 0 fully saturated rings. The van der Waals surface area contributed by atoms with Crippen LogP contribution in [0.15, 0.2) is 36.0 Å². The van der Waals surface area contributed by atoms with Gasteiger partial charge in [-0.3, -0.25) is 4.79 Å². The molecule has 128 valence electrons. The Morgan fingerprint density at radius 2 is 1.87 bits per heavy atom. The van der Waals surface area contributed by atoms with E-state index in [1.165, 1.54) is 0 Å². The summed E-state index contributed by atoms with van der Waals surface area (Å²) in [5.41, 5.74) is 2.74. The maximum Gasteiger partial charge on any atom is 0.187 e. The fourth-order valence-electron chi connectivity index (χ4n) is 2.35. The van der Waals surface area contributed by atoms with Gasteiger partial charge in [-0.25, -0.2) is 0 Å². The number of aliphatic hydroxyl groups is 1. The first-order valence-corrected chi connectivity index (χ1v) is 8.49. The molecule has 4 nitrogen and oxygen atoms in total. The number of likely N-dealkylation sites (N-methyl/N-ethyl adjacent to an activating group) is 1. The molecule has 0 saturated carbocycles. The highest BCUT2D eigenvalue weighted by Gasteiger charge is 2.06. The smallest absolute Gasteiger partial charge is 0.187 e. The lowest BCUT2D eigenvalue weighted by Crippen LogP contribution is -2.31. The van der Waals surface area contributed by atoms with Crippen molar-refractivity contribution in [3.63, 3.8) is 0 Å². The molecule has 0 amide bonds. The second kappa shape index (κ2) is 11.0. The predicted molar refractivity (Wildman–Crippen MR) is 95.7 cm³/mol. The summed E-state index contributed by atoms with van der Waals surface area (Å²) in [7, 11) is 0. The van der Waals surface area contributed by atoms with Crippen LogP contribution in [0.5, 0.6) is 0 Å². The van der Waals surface area contributed by atoms with Gasteiger partial charge in [-0.05, 0) is 32.9 Å². The Labute approximate surface area is 140 Å². The number of allylic oxidation sites excluding steroid dienone is 2. The van der Waals surface area contributed by atoms with Gasteiger partial charge in [-0.1, -0.05) is 43.7 Å². The third-order valence-electron chi connectivity index (χ3n) is 3.92. The van der Waals surface area contributed by atoms with Crippen LogP contribution in [0.3, 0.4) is 0 Å². The van der Waals surface area contributed by atoms with Crippen molar-refractivity contribution in [1.82, 2.24) is 10.2 Å². The summed E-state index contributed by atoms with van der Waals surface area (Å²) in [6.45, 7) is 10.2. The molecule has 0 spiro atoms. The number of hydrogen-bond acceptors (Lipinski definition) is 4. The number of nitrogens with zero attached hydrogens (tertiary/aromatic N) is 1. The summed E-state index contributed by atoms with van der Waals surface area (Å²) < 4.78 is 0. The number of aliphatic hydroxyl groups excluding tert-OH is 1. The van der Waals surface area contributed by atoms with E-state index in [0.717, 1.165) is 37.4 Å². The quantitative estimate of drug-likeness (QED) is 0.486. The summed E-state index contributed by atoms with van der Waals surface area (Å²) >= 11 is 0. The maximum absolute atomic E-state index is 12.3. The van der Waals surface area contributed by atoms with E-state index in [0.29, 0.717) is 18.4 Å². The number of aryl methyl sites for hydroxylation is 1. The van der Waals surface area contributed by atoms with Gasteiger partial charge in [-0.2, -0.15) is 0 Å². The highest BCUT2D eigenvalue weighted by molar-refractivity contribution is 6.04. The monoisotopic (exact) mass is 318 g/mol. The van der Waals surface area contributed by atoms with E-state index in [9.17, 15) is 4.79 Å². The van der Waals surface area contributed by atoms with E-state index in [1.54, 1.807) is 6.08 Å². The molecule has 0 aliphatic heterocycles. The molecular weight excluding hydrogens is 288 g/mol. The third-order valence-corrected chi connectivity index (χ3v) is 3.92. The SMILES string of the molecule is CCN(CC)CCN/C(=C/C(=O)c1ccc(C)cc1)CCCO. The first kappa shape index (κ1) is 19.4. The Hall–Kier alpha value is -1.65. The van der Waals surface area contributed by atoms with Crippen molar-refractivity contribution in [2.24, 2.45) is 0 Å². The number of carbonyl (C=O) groups excluding carboxylic acids is 1. The van der Waals surface area contributed by atoms with Crippen molar-refractivity contribution >= 4 is 5.78 Å². The normalized spacial score (nSPS) is 11.8. The summed E-state index contributed by atoms with van der Waals surface area (Å²) in [5.74, 6) is 0.00767. The van der Waals surface area contributed by atoms with Gasteiger partial charge in [0.15, 0.2) is 5.78 Å². The number of hydrogen-bond donors (Lipinski definition) is 2. The largest absolute Gasteiger partial charge is 0.396 e. The predicted octanol–water partition coefficient (Wildman–Crippen LogP) is 2.77. The van der Waals surface area contributed by atoms with Gasteiger partial charge in [0, 0.05) is 37.0 Å². The molecule has 1 aromatic carbocycles. The number of ketones is 1. The lowest BCUT2D eigenvalue weighted by molar-refractivity contribution is 0.104. The van der Waals surface area contributed by atoms with Gasteiger partial charge in [0.25, 0.3) is 0 Å². The van der Waals surface area contributed by atoms with Crippen LogP contribution in [0.25, 0.3) is 0 Å². The topological polar surface area (TPSA) is 52.6 Å². The molecule has 2 N–H and O–H groups in total. The van der Waals surface area contributed by atoms with Crippen molar-refractivity contribution in [2.75, 3.05) is 32.8 Å². The van der Waals surface area contributed by atoms with Gasteiger partial charge < -0.3 is 15.3 Å². The molecule has 0 heterocycles. The molecule has 4 heteroatoms. The van der Waals surface area contributed by atoms with Crippen LogP contribution in [0, 0.1) is 6.92 Å². The van der Waals surface area contributed by atoms with E-state index < -0.39 is 0 Å². The highest BCUT2D eigenvalue weighted by atomic mass is 16.2. The standard InChI is InChI=1S/C19H30N2O2/c1-4-21(5-2)13-12-20-18(7-6-14-22)15-19(23)17-10-8-16(3)9-11-17/h8-11,15,20,22H,4-7,12-14H2,1-3H3/b18-15+. The number of benzene rings is 1. The molecule has 0 atom stereocenters. The van der Waals surface area contributed by atoms with E-state index >= 15 is 0 Å². The van der Waals surface area contributed by atoms with Crippen LogP contribution in [0.1, 0.15) is 42.6 Å². The van der Waals surface area contributed by atoms with Gasteiger partial charge in [0.05, 0.1) is 0 Å². The van der Waals surface area contributed by atoms with Crippen molar-refractivity contribution in [3.05, 3.63) is 47.2 Å². The van der Waals surface area contributed by atoms with Gasteiger partial charge in [0.1, 0.15) is 0 Å². The van der Waals surface area contributed by atoms with E-state index in [2.05, 4.69) is 24.1 Å². The molecule has 23 heavy (non-hydrogen) atoms. The molecule has 0 aromatic heterocycles. The summed E-state index contributed by atoms with van der Waals surface area (Å²) in [4.78, 5) is 14.7. The van der Waals surface area contributed by atoms with Crippen LogP contribution < -0.4 is 5.32 Å². The molecule has 0 aliphatic carbocycles. The second-order valence-corrected chi connectivity index (χ2v) is 5.68. The highest BCUT2D eigenvalue weighted by Crippen LogP contribution is 2.08. The maximum atomic E-state index is 12.3. The molecule has 0 bridgehead atoms. The summed E-state index contributed by atoms with van der Waals surface area (Å²) in [6.07, 6.45) is 3.01. The molecule has 0 unspecified atom stereocenters. The zero-order chi connectivity index (χ0) is 17.1. The second-order valence-electron chi connectivity index (χ2n) is 5.68. The number of carbonyl (C=O) groups is 1. The first-order chi connectivity index (χ1) is 11.1. The van der Waals surface area contributed by atoms with Crippen LogP contribution in [0.2, 0.25) is 0 Å². The van der Waals surface area contributed by atoms with E-state index in [-0.39, 0.29) is 12.4 Å². The van der Waals surface area contributed by atoms with Crippen LogP contribution in [-0.2, 0) is 0 Å². The minimum Gasteiger partial charge on any atom is -0.396 e. The van der Waals surface area contributed by atoms with Crippen molar-refractivity contribution in [1.29, 1.82) is 0 Å². The Morgan fingerprint density at radius 1 is 1.22 bits per heavy atom. The zero-order valence-corrected chi connectivity index (χ0v) is 14.6.